The van der Waals surface area contributed by atoms with Crippen molar-refractivity contribution in [1.82, 2.24) is 5.32 Å². The van der Waals surface area contributed by atoms with Crippen LogP contribution in [-0.2, 0) is 17.8 Å². The number of amides is 1. The number of nitrogens with one attached hydrogen (secondary N) is 1. The molecule has 0 spiro atoms. The Labute approximate surface area is 177 Å². The Balaban J connectivity index is 1.53. The Bertz CT molecular complexity index is 1440. The van der Waals surface area contributed by atoms with Crippen LogP contribution in [0.25, 0.3) is 33.1 Å². The van der Waals surface area contributed by atoms with Crippen molar-refractivity contribution in [2.24, 2.45) is 0 Å². The molecule has 0 bridgehead atoms. The number of furan rings is 2. The second-order valence-electron chi connectivity index (χ2n) is 7.39. The van der Waals surface area contributed by atoms with Crippen molar-refractivity contribution >= 4 is 27.8 Å². The summed E-state index contributed by atoms with van der Waals surface area (Å²) < 4.78 is 16.5. The lowest BCUT2D eigenvalue weighted by Crippen LogP contribution is -2.27. The number of benzene rings is 2. The summed E-state index contributed by atoms with van der Waals surface area (Å²) in [5.41, 5.74) is 3.61. The van der Waals surface area contributed by atoms with Crippen molar-refractivity contribution in [2.45, 2.75) is 19.9 Å². The normalized spacial score (nSPS) is 11.3. The van der Waals surface area contributed by atoms with Crippen LogP contribution in [0.3, 0.4) is 0 Å². The van der Waals surface area contributed by atoms with Gasteiger partial charge in [0.15, 0.2) is 0 Å². The first-order valence-corrected chi connectivity index (χ1v) is 9.92. The van der Waals surface area contributed by atoms with Gasteiger partial charge in [-0.25, -0.2) is 4.79 Å². The maximum atomic E-state index is 12.6. The summed E-state index contributed by atoms with van der Waals surface area (Å²) in [6, 6.07) is 17.1. The maximum Gasteiger partial charge on any atom is 0.340 e. The highest BCUT2D eigenvalue weighted by atomic mass is 16.4. The van der Waals surface area contributed by atoms with E-state index in [1.807, 2.05) is 43.3 Å². The molecule has 0 atom stereocenters. The third-order valence-corrected chi connectivity index (χ3v) is 5.44. The summed E-state index contributed by atoms with van der Waals surface area (Å²) >= 11 is 0. The molecule has 0 saturated heterocycles. The van der Waals surface area contributed by atoms with Crippen LogP contribution in [0.1, 0.15) is 16.9 Å². The van der Waals surface area contributed by atoms with E-state index in [1.165, 1.54) is 0 Å². The van der Waals surface area contributed by atoms with E-state index in [4.69, 9.17) is 13.3 Å². The van der Waals surface area contributed by atoms with Gasteiger partial charge in [-0.3, -0.25) is 4.79 Å². The van der Waals surface area contributed by atoms with Crippen molar-refractivity contribution in [2.75, 3.05) is 0 Å². The standard InChI is InChI=1S/C25H19NO5/c1-15-18-10-20-21(16-6-3-2-4-7-16)14-30-22(20)12-23(18)31-25(28)19(15)11-24(27)26-13-17-8-5-9-29-17/h2-10,12,14H,11,13H2,1H3,(H,26,27). The van der Waals surface area contributed by atoms with Crippen LogP contribution in [0, 0.1) is 6.92 Å². The van der Waals surface area contributed by atoms with Crippen molar-refractivity contribution in [3.05, 3.63) is 94.4 Å². The van der Waals surface area contributed by atoms with Crippen LogP contribution in [0.2, 0.25) is 0 Å². The molecule has 3 heterocycles. The van der Waals surface area contributed by atoms with Crippen LogP contribution in [-0.4, -0.2) is 5.91 Å². The van der Waals surface area contributed by atoms with E-state index in [1.54, 1.807) is 30.7 Å². The monoisotopic (exact) mass is 413 g/mol. The van der Waals surface area contributed by atoms with Gasteiger partial charge >= 0.3 is 5.63 Å². The molecular formula is C25H19NO5. The maximum absolute atomic E-state index is 12.6. The predicted octanol–water partition coefficient (Wildman–Crippen LogP) is 4.97. The van der Waals surface area contributed by atoms with Gasteiger partial charge < -0.3 is 18.6 Å². The fourth-order valence-corrected chi connectivity index (χ4v) is 3.78. The molecule has 5 aromatic rings. The zero-order valence-electron chi connectivity index (χ0n) is 16.8. The summed E-state index contributed by atoms with van der Waals surface area (Å²) in [5.74, 6) is 0.368. The summed E-state index contributed by atoms with van der Waals surface area (Å²) in [6.07, 6.45) is 3.18. The Kier molecular flexibility index (Phi) is 4.67. The Morgan fingerprint density at radius 3 is 2.58 bits per heavy atom. The summed E-state index contributed by atoms with van der Waals surface area (Å²) in [4.78, 5) is 25.0. The second kappa shape index (κ2) is 7.65. The lowest BCUT2D eigenvalue weighted by atomic mass is 9.99. The summed E-state index contributed by atoms with van der Waals surface area (Å²) in [5, 5.41) is 4.46. The molecule has 0 aliphatic rings. The molecule has 0 fully saturated rings. The number of carbonyl (C=O) groups is 1. The lowest BCUT2D eigenvalue weighted by molar-refractivity contribution is -0.120. The van der Waals surface area contributed by atoms with E-state index in [2.05, 4.69) is 5.32 Å². The number of fused-ring (bicyclic) bond motifs is 2. The highest BCUT2D eigenvalue weighted by Gasteiger charge is 2.18. The van der Waals surface area contributed by atoms with E-state index < -0.39 is 5.63 Å². The molecule has 2 aromatic carbocycles. The fraction of sp³-hybridized carbons (Fsp3) is 0.120. The first kappa shape index (κ1) is 18.9. The number of hydrogen-bond acceptors (Lipinski definition) is 5. The third kappa shape index (κ3) is 3.53. The molecular weight excluding hydrogens is 394 g/mol. The minimum Gasteiger partial charge on any atom is -0.467 e. The first-order valence-electron chi connectivity index (χ1n) is 9.92. The highest BCUT2D eigenvalue weighted by Crippen LogP contribution is 2.34. The molecule has 0 unspecified atom stereocenters. The van der Waals surface area contributed by atoms with E-state index >= 15 is 0 Å². The van der Waals surface area contributed by atoms with Crippen molar-refractivity contribution in [1.29, 1.82) is 0 Å². The van der Waals surface area contributed by atoms with Gasteiger partial charge in [-0.05, 0) is 36.2 Å². The van der Waals surface area contributed by atoms with Gasteiger partial charge in [-0.2, -0.15) is 0 Å². The van der Waals surface area contributed by atoms with Crippen molar-refractivity contribution in [3.63, 3.8) is 0 Å². The molecule has 3 aromatic heterocycles. The average Bonchev–Trinajstić information content (AvgIpc) is 3.44. The van der Waals surface area contributed by atoms with Gasteiger partial charge in [-0.15, -0.1) is 0 Å². The van der Waals surface area contributed by atoms with Gasteiger partial charge in [-0.1, -0.05) is 30.3 Å². The van der Waals surface area contributed by atoms with Gasteiger partial charge in [0.05, 0.1) is 31.1 Å². The first-order chi connectivity index (χ1) is 15.1. The van der Waals surface area contributed by atoms with Gasteiger partial charge in [0.25, 0.3) is 0 Å². The van der Waals surface area contributed by atoms with E-state index in [0.29, 0.717) is 22.5 Å². The molecule has 6 nitrogen and oxygen atoms in total. The summed E-state index contributed by atoms with van der Waals surface area (Å²) in [6.45, 7) is 2.10. The van der Waals surface area contributed by atoms with Gasteiger partial charge in [0.1, 0.15) is 16.9 Å². The Morgan fingerprint density at radius 1 is 0.968 bits per heavy atom. The minimum absolute atomic E-state index is 0.0697. The molecule has 1 amide bonds. The zero-order valence-corrected chi connectivity index (χ0v) is 16.8. The van der Waals surface area contributed by atoms with E-state index in [-0.39, 0.29) is 18.9 Å². The number of carbonyl (C=O) groups excluding carboxylic acids is 1. The number of hydrogen-bond donors (Lipinski definition) is 1. The topological polar surface area (TPSA) is 85.6 Å². The molecule has 0 aliphatic heterocycles. The molecule has 1 N–H and O–H groups in total. The SMILES string of the molecule is Cc1c(CC(=O)NCc2ccco2)c(=O)oc2cc3occ(-c4ccccc4)c3cc12. The predicted molar refractivity (Wildman–Crippen MR) is 117 cm³/mol. The average molecular weight is 413 g/mol. The molecule has 0 saturated carbocycles. The minimum atomic E-state index is -0.521. The van der Waals surface area contributed by atoms with Crippen molar-refractivity contribution < 1.29 is 18.0 Å². The van der Waals surface area contributed by atoms with Gasteiger partial charge in [0.2, 0.25) is 5.91 Å². The van der Waals surface area contributed by atoms with Crippen LogP contribution in [0.4, 0.5) is 0 Å². The van der Waals surface area contributed by atoms with Crippen LogP contribution >= 0.6 is 0 Å². The summed E-state index contributed by atoms with van der Waals surface area (Å²) in [7, 11) is 0. The third-order valence-electron chi connectivity index (χ3n) is 5.44. The number of aryl methyl sites for hydroxylation is 1. The Morgan fingerprint density at radius 2 is 1.81 bits per heavy atom. The molecule has 31 heavy (non-hydrogen) atoms. The molecule has 0 aliphatic carbocycles. The second-order valence-corrected chi connectivity index (χ2v) is 7.39. The molecule has 0 radical (unpaired) electrons. The fourth-order valence-electron chi connectivity index (χ4n) is 3.78. The highest BCUT2D eigenvalue weighted by molar-refractivity contribution is 6.02. The molecule has 154 valence electrons. The van der Waals surface area contributed by atoms with Crippen LogP contribution < -0.4 is 10.9 Å². The number of rotatable bonds is 5. The van der Waals surface area contributed by atoms with E-state index in [0.717, 1.165) is 27.5 Å². The lowest BCUT2D eigenvalue weighted by Gasteiger charge is -2.09. The smallest absolute Gasteiger partial charge is 0.340 e. The van der Waals surface area contributed by atoms with E-state index in [9.17, 15) is 9.59 Å². The Hall–Kier alpha value is -4.06. The van der Waals surface area contributed by atoms with Crippen molar-refractivity contribution in [3.8, 4) is 11.1 Å². The zero-order chi connectivity index (χ0) is 21.4. The van der Waals surface area contributed by atoms with Gasteiger partial charge in [0, 0.05) is 22.4 Å². The largest absolute Gasteiger partial charge is 0.467 e. The quantitative estimate of drug-likeness (QED) is 0.411. The molecule has 5 rings (SSSR count). The van der Waals surface area contributed by atoms with Crippen LogP contribution in [0.15, 0.2) is 85.2 Å². The molecule has 6 heteroatoms. The van der Waals surface area contributed by atoms with Crippen LogP contribution in [0.5, 0.6) is 0 Å².